The van der Waals surface area contributed by atoms with Gasteiger partial charge in [0.05, 0.1) is 12.6 Å². The average Bonchev–Trinajstić information content (AvgIpc) is 3.20. The second kappa shape index (κ2) is 10.8. The van der Waals surface area contributed by atoms with E-state index in [4.69, 9.17) is 0 Å². The standard InChI is InChI=1S/C28H31FN4O2S/c1-20-6-2-3-9-24(20)30-28(35)32-13-5-12-31(15-16-32)26(34)19-33-14-10-25-23(11-17-36-25)27(33)21-7-4-8-22(29)18-21/h2-4,6-9,11,17-18,27H,5,10,12-16,19H2,1H3,(H,30,35). The Hall–Kier alpha value is -3.23. The van der Waals surface area contributed by atoms with Crippen molar-refractivity contribution >= 4 is 29.0 Å². The summed E-state index contributed by atoms with van der Waals surface area (Å²) in [6, 6.07) is 16.2. The van der Waals surface area contributed by atoms with Crippen LogP contribution in [0.4, 0.5) is 14.9 Å². The third kappa shape index (κ3) is 5.29. The van der Waals surface area contributed by atoms with Gasteiger partial charge in [-0.1, -0.05) is 30.3 Å². The number of aryl methyl sites for hydroxylation is 1. The molecule has 36 heavy (non-hydrogen) atoms. The lowest BCUT2D eigenvalue weighted by Gasteiger charge is -2.37. The number of hydrogen-bond donors (Lipinski definition) is 1. The number of para-hydroxylation sites is 1. The summed E-state index contributed by atoms with van der Waals surface area (Å²) in [5.74, 6) is -0.214. The Bertz CT molecular complexity index is 1250. The number of nitrogens with one attached hydrogen (secondary N) is 1. The molecule has 1 N–H and O–H groups in total. The number of carbonyl (C=O) groups is 2. The molecule has 2 aliphatic heterocycles. The van der Waals surface area contributed by atoms with Crippen LogP contribution in [0.5, 0.6) is 0 Å². The molecule has 2 aliphatic rings. The van der Waals surface area contributed by atoms with Gasteiger partial charge in [0.1, 0.15) is 5.82 Å². The number of hydrogen-bond acceptors (Lipinski definition) is 4. The van der Waals surface area contributed by atoms with Gasteiger partial charge in [-0.3, -0.25) is 9.69 Å². The Labute approximate surface area is 215 Å². The van der Waals surface area contributed by atoms with E-state index < -0.39 is 0 Å². The number of amides is 3. The van der Waals surface area contributed by atoms with Crippen molar-refractivity contribution in [2.75, 3.05) is 44.6 Å². The van der Waals surface area contributed by atoms with Gasteiger partial charge in [-0.05, 0) is 66.1 Å². The average molecular weight is 507 g/mol. The van der Waals surface area contributed by atoms with Gasteiger partial charge >= 0.3 is 6.03 Å². The third-order valence-corrected chi connectivity index (χ3v) is 8.09. The van der Waals surface area contributed by atoms with Crippen molar-refractivity contribution in [2.24, 2.45) is 0 Å². The zero-order valence-electron chi connectivity index (χ0n) is 20.5. The molecular formula is C28H31FN4O2S. The number of fused-ring (bicyclic) bond motifs is 1. The highest BCUT2D eigenvalue weighted by molar-refractivity contribution is 7.10. The maximum atomic E-state index is 14.1. The quantitative estimate of drug-likeness (QED) is 0.547. The summed E-state index contributed by atoms with van der Waals surface area (Å²) in [6.45, 7) is 5.21. The predicted octanol–water partition coefficient (Wildman–Crippen LogP) is 4.91. The Morgan fingerprint density at radius 2 is 1.81 bits per heavy atom. The van der Waals surface area contributed by atoms with Crippen LogP contribution in [-0.2, 0) is 11.2 Å². The van der Waals surface area contributed by atoms with Crippen molar-refractivity contribution < 1.29 is 14.0 Å². The number of rotatable bonds is 4. The summed E-state index contributed by atoms with van der Waals surface area (Å²) in [7, 11) is 0. The Morgan fingerprint density at radius 3 is 2.64 bits per heavy atom. The van der Waals surface area contributed by atoms with E-state index in [9.17, 15) is 14.0 Å². The number of urea groups is 1. The maximum Gasteiger partial charge on any atom is 0.321 e. The zero-order valence-corrected chi connectivity index (χ0v) is 21.3. The molecule has 0 radical (unpaired) electrons. The minimum atomic E-state index is -0.266. The lowest BCUT2D eigenvalue weighted by molar-refractivity contribution is -0.132. The number of thiophene rings is 1. The number of benzene rings is 2. The Kier molecular flexibility index (Phi) is 7.34. The van der Waals surface area contributed by atoms with Crippen molar-refractivity contribution in [3.8, 4) is 0 Å². The topological polar surface area (TPSA) is 55.9 Å². The van der Waals surface area contributed by atoms with Crippen LogP contribution < -0.4 is 5.32 Å². The van der Waals surface area contributed by atoms with E-state index in [-0.39, 0.29) is 30.3 Å². The molecule has 1 saturated heterocycles. The van der Waals surface area contributed by atoms with Crippen molar-refractivity contribution in [1.29, 1.82) is 0 Å². The second-order valence-electron chi connectivity index (χ2n) is 9.44. The summed E-state index contributed by atoms with van der Waals surface area (Å²) in [5, 5.41) is 5.08. The predicted molar refractivity (Wildman–Crippen MR) is 141 cm³/mol. The van der Waals surface area contributed by atoms with Crippen molar-refractivity contribution in [1.82, 2.24) is 14.7 Å². The van der Waals surface area contributed by atoms with Crippen LogP contribution >= 0.6 is 11.3 Å². The number of halogens is 1. The molecule has 6 nitrogen and oxygen atoms in total. The summed E-state index contributed by atoms with van der Waals surface area (Å²) >= 11 is 1.72. The molecule has 0 spiro atoms. The SMILES string of the molecule is Cc1ccccc1NC(=O)N1CCCN(C(=O)CN2CCc3sccc3C2c2cccc(F)c2)CC1. The Morgan fingerprint density at radius 1 is 1.00 bits per heavy atom. The van der Waals surface area contributed by atoms with Crippen LogP contribution in [0.2, 0.25) is 0 Å². The molecule has 1 fully saturated rings. The molecule has 3 heterocycles. The van der Waals surface area contributed by atoms with Gasteiger partial charge in [0.2, 0.25) is 5.91 Å². The first kappa shape index (κ1) is 24.5. The van der Waals surface area contributed by atoms with Gasteiger partial charge in [0.25, 0.3) is 0 Å². The summed E-state index contributed by atoms with van der Waals surface area (Å²) in [6.07, 6.45) is 1.62. The van der Waals surface area contributed by atoms with E-state index in [1.165, 1.54) is 16.5 Å². The second-order valence-corrected chi connectivity index (χ2v) is 10.4. The Balaban J connectivity index is 1.24. The molecule has 188 valence electrons. The van der Waals surface area contributed by atoms with Crippen molar-refractivity contribution in [3.05, 3.63) is 87.4 Å². The molecular weight excluding hydrogens is 475 g/mol. The molecule has 0 bridgehead atoms. The highest BCUT2D eigenvalue weighted by Gasteiger charge is 2.32. The smallest absolute Gasteiger partial charge is 0.321 e. The molecule has 1 atom stereocenters. The third-order valence-electron chi connectivity index (χ3n) is 7.09. The van der Waals surface area contributed by atoms with Crippen LogP contribution in [0, 0.1) is 12.7 Å². The fourth-order valence-corrected chi connectivity index (χ4v) is 6.06. The molecule has 1 unspecified atom stereocenters. The molecule has 5 rings (SSSR count). The summed E-state index contributed by atoms with van der Waals surface area (Å²) in [5.41, 5.74) is 3.86. The first-order chi connectivity index (χ1) is 17.5. The van der Waals surface area contributed by atoms with E-state index in [0.29, 0.717) is 26.2 Å². The van der Waals surface area contributed by atoms with Crippen molar-refractivity contribution in [3.63, 3.8) is 0 Å². The van der Waals surface area contributed by atoms with Gasteiger partial charge in [0, 0.05) is 43.3 Å². The maximum absolute atomic E-state index is 14.1. The molecule has 0 saturated carbocycles. The minimum Gasteiger partial charge on any atom is -0.340 e. The van der Waals surface area contributed by atoms with E-state index >= 15 is 0 Å². The van der Waals surface area contributed by atoms with E-state index in [0.717, 1.165) is 36.2 Å². The first-order valence-corrected chi connectivity index (χ1v) is 13.3. The van der Waals surface area contributed by atoms with E-state index in [1.54, 1.807) is 28.4 Å². The van der Waals surface area contributed by atoms with Gasteiger partial charge in [0.15, 0.2) is 0 Å². The zero-order chi connectivity index (χ0) is 25.1. The molecule has 2 aromatic carbocycles. The van der Waals surface area contributed by atoms with Gasteiger partial charge in [-0.15, -0.1) is 11.3 Å². The molecule has 3 aromatic rings. The summed E-state index contributed by atoms with van der Waals surface area (Å²) in [4.78, 5) is 33.4. The first-order valence-electron chi connectivity index (χ1n) is 12.4. The van der Waals surface area contributed by atoms with E-state index in [2.05, 4.69) is 21.7 Å². The van der Waals surface area contributed by atoms with Crippen LogP contribution in [0.1, 0.15) is 34.0 Å². The lowest BCUT2D eigenvalue weighted by atomic mass is 9.93. The number of anilines is 1. The fraction of sp³-hybridized carbons (Fsp3) is 0.357. The van der Waals surface area contributed by atoms with E-state index in [1.807, 2.05) is 42.2 Å². The van der Waals surface area contributed by atoms with Crippen molar-refractivity contribution in [2.45, 2.75) is 25.8 Å². The molecule has 1 aromatic heterocycles. The van der Waals surface area contributed by atoms with Crippen LogP contribution in [-0.4, -0.2) is 65.9 Å². The van der Waals surface area contributed by atoms with Crippen LogP contribution in [0.15, 0.2) is 60.0 Å². The normalized spacial score (nSPS) is 18.4. The monoisotopic (exact) mass is 506 g/mol. The highest BCUT2D eigenvalue weighted by Crippen LogP contribution is 2.37. The number of nitrogens with zero attached hydrogens (tertiary/aromatic N) is 3. The van der Waals surface area contributed by atoms with Crippen LogP contribution in [0.3, 0.4) is 0 Å². The molecule has 0 aliphatic carbocycles. The number of carbonyl (C=O) groups excluding carboxylic acids is 2. The van der Waals surface area contributed by atoms with Gasteiger partial charge < -0.3 is 15.1 Å². The van der Waals surface area contributed by atoms with Gasteiger partial charge in [-0.25, -0.2) is 9.18 Å². The van der Waals surface area contributed by atoms with Crippen LogP contribution in [0.25, 0.3) is 0 Å². The lowest BCUT2D eigenvalue weighted by Crippen LogP contribution is -2.45. The highest BCUT2D eigenvalue weighted by atomic mass is 32.1. The minimum absolute atomic E-state index is 0.0521. The molecule has 8 heteroatoms. The largest absolute Gasteiger partial charge is 0.340 e. The molecule has 3 amide bonds. The summed E-state index contributed by atoms with van der Waals surface area (Å²) < 4.78 is 14.1. The van der Waals surface area contributed by atoms with Gasteiger partial charge in [-0.2, -0.15) is 0 Å². The fourth-order valence-electron chi connectivity index (χ4n) is 5.16.